The van der Waals surface area contributed by atoms with E-state index in [9.17, 15) is 4.79 Å². The van der Waals surface area contributed by atoms with Gasteiger partial charge in [-0.2, -0.15) is 0 Å². The van der Waals surface area contributed by atoms with Gasteiger partial charge in [-0.25, -0.2) is 0 Å². The van der Waals surface area contributed by atoms with Crippen LogP contribution in [0.5, 0.6) is 0 Å². The number of amides is 1. The highest BCUT2D eigenvalue weighted by atomic mass is 16.1. The number of rotatable bonds is 10. The lowest BCUT2D eigenvalue weighted by Gasteiger charge is -2.30. The van der Waals surface area contributed by atoms with Crippen molar-refractivity contribution in [3.63, 3.8) is 0 Å². The van der Waals surface area contributed by atoms with Gasteiger partial charge in [0.05, 0.1) is 0 Å². The largest absolute Gasteiger partial charge is 0.369 e. The first-order chi connectivity index (χ1) is 13.6. The summed E-state index contributed by atoms with van der Waals surface area (Å²) in [6.45, 7) is 14.0. The van der Waals surface area contributed by atoms with Crippen molar-refractivity contribution in [1.29, 1.82) is 0 Å². The number of nitrogens with two attached hydrogens (primary N) is 1. The number of guanidine groups is 1. The summed E-state index contributed by atoms with van der Waals surface area (Å²) in [5.41, 5.74) is 5.42. The van der Waals surface area contributed by atoms with E-state index in [0.717, 1.165) is 82.9 Å². The summed E-state index contributed by atoms with van der Waals surface area (Å²) in [5.74, 6) is 2.75. The fraction of sp³-hybridized carbons (Fsp3) is 0.909. The average Bonchev–Trinajstić information content (AvgIpc) is 3.18. The maximum Gasteiger partial charge on any atom is 0.220 e. The molecule has 0 bridgehead atoms. The third kappa shape index (κ3) is 6.94. The van der Waals surface area contributed by atoms with E-state index in [1.807, 2.05) is 0 Å². The number of carbonyl (C=O) groups excluding carboxylic acids is 1. The molecule has 1 atom stereocenters. The summed E-state index contributed by atoms with van der Waals surface area (Å²) >= 11 is 0. The topological polar surface area (TPSA) is 74.0 Å². The second-order valence-corrected chi connectivity index (χ2v) is 8.53. The van der Waals surface area contributed by atoms with Crippen molar-refractivity contribution >= 4 is 11.9 Å². The van der Waals surface area contributed by atoms with Crippen LogP contribution in [0, 0.1) is 17.8 Å². The van der Waals surface area contributed by atoms with Crippen LogP contribution in [0.25, 0.3) is 0 Å². The van der Waals surface area contributed by atoms with Crippen molar-refractivity contribution < 1.29 is 4.79 Å². The van der Waals surface area contributed by atoms with E-state index in [0.29, 0.717) is 0 Å². The molecule has 0 aromatic rings. The van der Waals surface area contributed by atoms with Gasteiger partial charge < -0.3 is 20.9 Å². The van der Waals surface area contributed by atoms with Crippen LogP contribution >= 0.6 is 0 Å². The fourth-order valence-electron chi connectivity index (χ4n) is 4.82. The minimum absolute atomic E-state index is 0.0906. The van der Waals surface area contributed by atoms with Crippen molar-refractivity contribution in [2.45, 2.75) is 65.7 Å². The smallest absolute Gasteiger partial charge is 0.220 e. The minimum Gasteiger partial charge on any atom is -0.369 e. The molecule has 28 heavy (non-hydrogen) atoms. The molecule has 0 spiro atoms. The fourth-order valence-corrected chi connectivity index (χ4v) is 4.82. The number of unbranched alkanes of at least 4 members (excludes halogenated alkanes) is 1. The van der Waals surface area contributed by atoms with Crippen LogP contribution in [-0.2, 0) is 4.79 Å². The molecule has 2 aliphatic rings. The molecule has 6 nitrogen and oxygen atoms in total. The normalized spacial score (nSPS) is 22.2. The summed E-state index contributed by atoms with van der Waals surface area (Å²) in [5, 5.41) is 3.50. The van der Waals surface area contributed by atoms with E-state index in [4.69, 9.17) is 10.7 Å². The SMILES string of the molecule is CCNC(=NCCCCN1CCC(C(N)=O)CC1)N1CCC(C(CC)CC)C1. The summed E-state index contributed by atoms with van der Waals surface area (Å²) in [7, 11) is 0. The number of likely N-dealkylation sites (tertiary alicyclic amines) is 2. The Morgan fingerprint density at radius 1 is 1.11 bits per heavy atom. The highest BCUT2D eigenvalue weighted by Crippen LogP contribution is 2.28. The van der Waals surface area contributed by atoms with Crippen LogP contribution in [0.4, 0.5) is 0 Å². The molecule has 0 aromatic carbocycles. The number of nitrogens with one attached hydrogen (secondary N) is 1. The average molecular weight is 394 g/mol. The lowest BCUT2D eigenvalue weighted by Crippen LogP contribution is -2.40. The van der Waals surface area contributed by atoms with E-state index in [1.54, 1.807) is 0 Å². The molecule has 3 N–H and O–H groups in total. The van der Waals surface area contributed by atoms with Crippen LogP contribution in [0.3, 0.4) is 0 Å². The molecule has 1 unspecified atom stereocenters. The summed E-state index contributed by atoms with van der Waals surface area (Å²) in [6.07, 6.45) is 8.02. The number of hydrogen-bond donors (Lipinski definition) is 2. The standard InChI is InChI=1S/C22H43N5O/c1-4-18(5-2)20-11-16-27(17-20)22(24-6-3)25-12-7-8-13-26-14-9-19(10-15-26)21(23)28/h18-20H,4-17H2,1-3H3,(H2,23,28)(H,24,25). The Hall–Kier alpha value is -1.30. The molecule has 0 saturated carbocycles. The number of carbonyl (C=O) groups is 1. The van der Waals surface area contributed by atoms with Crippen molar-refractivity contribution in [1.82, 2.24) is 15.1 Å². The van der Waals surface area contributed by atoms with E-state index in [1.165, 1.54) is 25.7 Å². The zero-order valence-corrected chi connectivity index (χ0v) is 18.5. The lowest BCUT2D eigenvalue weighted by atomic mass is 9.87. The van der Waals surface area contributed by atoms with Gasteiger partial charge in [0.2, 0.25) is 5.91 Å². The predicted octanol–water partition coefficient (Wildman–Crippen LogP) is 2.69. The van der Waals surface area contributed by atoms with Gasteiger partial charge in [0, 0.05) is 32.1 Å². The Balaban J connectivity index is 1.69. The number of primary amides is 1. The van der Waals surface area contributed by atoms with E-state index >= 15 is 0 Å². The Morgan fingerprint density at radius 3 is 2.43 bits per heavy atom. The van der Waals surface area contributed by atoms with Gasteiger partial charge in [0.1, 0.15) is 0 Å². The highest BCUT2D eigenvalue weighted by Gasteiger charge is 2.29. The summed E-state index contributed by atoms with van der Waals surface area (Å²) in [4.78, 5) is 21.1. The molecule has 162 valence electrons. The third-order valence-corrected chi connectivity index (χ3v) is 6.71. The highest BCUT2D eigenvalue weighted by molar-refractivity contribution is 5.80. The lowest BCUT2D eigenvalue weighted by molar-refractivity contribution is -0.123. The predicted molar refractivity (Wildman–Crippen MR) is 117 cm³/mol. The maximum atomic E-state index is 11.3. The Bertz CT molecular complexity index is 483. The van der Waals surface area contributed by atoms with Gasteiger partial charge in [-0.05, 0) is 70.5 Å². The quantitative estimate of drug-likeness (QED) is 0.340. The van der Waals surface area contributed by atoms with Gasteiger partial charge >= 0.3 is 0 Å². The van der Waals surface area contributed by atoms with Crippen LogP contribution in [0.15, 0.2) is 4.99 Å². The summed E-state index contributed by atoms with van der Waals surface area (Å²) < 4.78 is 0. The monoisotopic (exact) mass is 393 g/mol. The van der Waals surface area contributed by atoms with Crippen LogP contribution in [0.2, 0.25) is 0 Å². The first-order valence-electron chi connectivity index (χ1n) is 11.6. The molecule has 0 radical (unpaired) electrons. The Kier molecular flexibility index (Phi) is 10.1. The molecule has 0 aromatic heterocycles. The second kappa shape index (κ2) is 12.3. The van der Waals surface area contributed by atoms with Crippen LogP contribution in [-0.4, -0.2) is 67.5 Å². The van der Waals surface area contributed by atoms with E-state index in [2.05, 4.69) is 35.9 Å². The molecular weight excluding hydrogens is 350 g/mol. The Labute approximate surface area is 172 Å². The third-order valence-electron chi connectivity index (χ3n) is 6.71. The number of aliphatic imine (C=N–C) groups is 1. The number of hydrogen-bond acceptors (Lipinski definition) is 3. The number of nitrogens with zero attached hydrogens (tertiary/aromatic N) is 3. The maximum absolute atomic E-state index is 11.3. The first kappa shape index (κ1) is 23.0. The molecule has 6 heteroatoms. The molecular formula is C22H43N5O. The zero-order chi connectivity index (χ0) is 20.4. The van der Waals surface area contributed by atoms with Gasteiger partial charge in [-0.3, -0.25) is 9.79 Å². The first-order valence-corrected chi connectivity index (χ1v) is 11.6. The van der Waals surface area contributed by atoms with Gasteiger partial charge in [-0.1, -0.05) is 26.7 Å². The van der Waals surface area contributed by atoms with E-state index < -0.39 is 0 Å². The van der Waals surface area contributed by atoms with Gasteiger partial charge in [0.25, 0.3) is 0 Å². The van der Waals surface area contributed by atoms with Crippen molar-refractivity contribution in [3.05, 3.63) is 0 Å². The molecule has 2 saturated heterocycles. The molecule has 2 fully saturated rings. The molecule has 2 heterocycles. The number of piperidine rings is 1. The van der Waals surface area contributed by atoms with Gasteiger partial charge in [0.15, 0.2) is 5.96 Å². The van der Waals surface area contributed by atoms with E-state index in [-0.39, 0.29) is 11.8 Å². The molecule has 0 aliphatic carbocycles. The summed E-state index contributed by atoms with van der Waals surface area (Å²) in [6, 6.07) is 0. The van der Waals surface area contributed by atoms with Crippen LogP contribution in [0.1, 0.15) is 65.7 Å². The molecule has 2 rings (SSSR count). The van der Waals surface area contributed by atoms with Crippen molar-refractivity contribution in [2.75, 3.05) is 45.8 Å². The molecule has 2 aliphatic heterocycles. The van der Waals surface area contributed by atoms with Gasteiger partial charge in [-0.15, -0.1) is 0 Å². The van der Waals surface area contributed by atoms with Crippen LogP contribution < -0.4 is 11.1 Å². The van der Waals surface area contributed by atoms with Crippen molar-refractivity contribution in [2.24, 2.45) is 28.5 Å². The minimum atomic E-state index is -0.127. The zero-order valence-electron chi connectivity index (χ0n) is 18.5. The second-order valence-electron chi connectivity index (χ2n) is 8.53. The Morgan fingerprint density at radius 2 is 1.82 bits per heavy atom. The van der Waals surface area contributed by atoms with Crippen molar-refractivity contribution in [3.8, 4) is 0 Å². The molecule has 1 amide bonds.